The Hall–Kier alpha value is -3.16. The van der Waals surface area contributed by atoms with Crippen molar-refractivity contribution < 1.29 is 19.2 Å². The van der Waals surface area contributed by atoms with Crippen LogP contribution in [0.25, 0.3) is 16.9 Å². The molecule has 0 amide bonds. The van der Waals surface area contributed by atoms with Crippen LogP contribution in [-0.2, 0) is 6.42 Å². The van der Waals surface area contributed by atoms with Crippen LogP contribution < -0.4 is 0 Å². The highest BCUT2D eigenvalue weighted by Gasteiger charge is 2.25. The van der Waals surface area contributed by atoms with E-state index >= 15 is 0 Å². The van der Waals surface area contributed by atoms with Crippen molar-refractivity contribution in [3.63, 3.8) is 0 Å². The molecule has 3 aromatic rings. The zero-order chi connectivity index (χ0) is 18.1. The summed E-state index contributed by atoms with van der Waals surface area (Å²) in [5, 5.41) is 30.1. The molecule has 0 saturated carbocycles. The maximum atomic E-state index is 14.4. The van der Waals surface area contributed by atoms with E-state index in [0.29, 0.717) is 40.4 Å². The largest absolute Gasteiger partial charge is 0.508 e. The summed E-state index contributed by atoms with van der Waals surface area (Å²) in [7, 11) is 0. The van der Waals surface area contributed by atoms with Gasteiger partial charge in [-0.1, -0.05) is 17.2 Å². The number of benzene rings is 1. The monoisotopic (exact) mass is 344 g/mol. The lowest BCUT2D eigenvalue weighted by Gasteiger charge is -2.09. The number of phenols is 1. The maximum Gasteiger partial charge on any atom is 0.152 e. The van der Waals surface area contributed by atoms with Gasteiger partial charge in [0.05, 0.1) is 28.9 Å². The predicted octanol–water partition coefficient (Wildman–Crippen LogP) is 3.36. The molecule has 2 N–H and O–H groups in total. The number of hydrogen-bond donors (Lipinski definition) is 2. The Morgan fingerprint density at radius 1 is 1.36 bits per heavy atom. The third kappa shape index (κ3) is 2.75. The average Bonchev–Trinajstić information content (AvgIpc) is 3.08. The second-order valence-corrected chi connectivity index (χ2v) is 5.55. The van der Waals surface area contributed by atoms with E-state index in [-0.39, 0.29) is 11.4 Å². The van der Waals surface area contributed by atoms with Crippen LogP contribution in [0.5, 0.6) is 5.75 Å². The van der Waals surface area contributed by atoms with Gasteiger partial charge >= 0.3 is 0 Å². The van der Waals surface area contributed by atoms with Crippen molar-refractivity contribution in [1.82, 2.24) is 14.9 Å². The number of phenolic OH excluding ortho intramolecular Hbond substituents is 1. The Morgan fingerprint density at radius 2 is 2.12 bits per heavy atom. The van der Waals surface area contributed by atoms with Crippen molar-refractivity contribution in [1.29, 1.82) is 0 Å². The highest BCUT2D eigenvalue weighted by Crippen LogP contribution is 2.34. The zero-order valence-electron chi connectivity index (χ0n) is 14.0. The van der Waals surface area contributed by atoms with Gasteiger partial charge in [0, 0.05) is 11.6 Å². The van der Waals surface area contributed by atoms with E-state index in [4.69, 9.17) is 9.73 Å². The quantitative estimate of drug-likeness (QED) is 0.430. The number of aromatic hydroxyl groups is 1. The van der Waals surface area contributed by atoms with E-state index in [2.05, 4.69) is 15.4 Å². The van der Waals surface area contributed by atoms with E-state index in [1.54, 1.807) is 13.8 Å². The number of rotatable bonds is 4. The lowest BCUT2D eigenvalue weighted by atomic mass is 10.0. The second-order valence-electron chi connectivity index (χ2n) is 5.55. The molecule has 7 nitrogen and oxygen atoms in total. The van der Waals surface area contributed by atoms with Gasteiger partial charge in [-0.05, 0) is 32.4 Å². The molecule has 0 aliphatic rings. The number of aromatic nitrogens is 3. The lowest BCUT2D eigenvalue weighted by Crippen LogP contribution is -2.03. The summed E-state index contributed by atoms with van der Waals surface area (Å²) in [4.78, 5) is 0. The SMILES string of the molecule is CCc1nn(-c2ccc(O)cc2F)c(-c2c(C)noc2C)c1C=NO. The molecule has 2 heterocycles. The smallest absolute Gasteiger partial charge is 0.152 e. The van der Waals surface area contributed by atoms with Crippen molar-refractivity contribution in [2.24, 2.45) is 5.16 Å². The van der Waals surface area contributed by atoms with E-state index in [1.165, 1.54) is 23.0 Å². The summed E-state index contributed by atoms with van der Waals surface area (Å²) >= 11 is 0. The number of oxime groups is 1. The van der Waals surface area contributed by atoms with E-state index in [0.717, 1.165) is 6.07 Å². The van der Waals surface area contributed by atoms with E-state index in [1.807, 2.05) is 6.92 Å². The zero-order valence-corrected chi connectivity index (χ0v) is 14.0. The van der Waals surface area contributed by atoms with Crippen molar-refractivity contribution in [2.75, 3.05) is 0 Å². The number of halogens is 1. The molecule has 130 valence electrons. The average molecular weight is 344 g/mol. The molecule has 0 unspecified atom stereocenters. The van der Waals surface area contributed by atoms with Crippen LogP contribution in [0.4, 0.5) is 4.39 Å². The molecule has 0 aliphatic heterocycles. The minimum absolute atomic E-state index is 0.153. The van der Waals surface area contributed by atoms with E-state index < -0.39 is 5.82 Å². The highest BCUT2D eigenvalue weighted by atomic mass is 19.1. The second kappa shape index (κ2) is 6.39. The molecule has 0 aliphatic carbocycles. The topological polar surface area (TPSA) is 96.7 Å². The maximum absolute atomic E-state index is 14.4. The van der Waals surface area contributed by atoms with Gasteiger partial charge in [-0.2, -0.15) is 5.10 Å². The fourth-order valence-electron chi connectivity index (χ4n) is 2.83. The molecular weight excluding hydrogens is 327 g/mol. The Bertz CT molecular complexity index is 940. The van der Waals surface area contributed by atoms with Crippen LogP contribution in [0, 0.1) is 19.7 Å². The molecule has 0 bridgehead atoms. The summed E-state index contributed by atoms with van der Waals surface area (Å²) in [6, 6.07) is 3.82. The normalized spacial score (nSPS) is 11.5. The van der Waals surface area contributed by atoms with Gasteiger partial charge in [0.2, 0.25) is 0 Å². The standard InChI is InChI=1S/C17H17FN4O3/c1-4-14-12(8-19-24)17(16-9(2)21-25-10(16)3)22(20-14)15-6-5-11(23)7-13(15)18/h5-8,23-24H,4H2,1-3H3. The first-order valence-electron chi connectivity index (χ1n) is 7.69. The Balaban J connectivity index is 2.39. The Kier molecular flexibility index (Phi) is 4.26. The highest BCUT2D eigenvalue weighted by molar-refractivity contribution is 5.91. The van der Waals surface area contributed by atoms with Crippen LogP contribution >= 0.6 is 0 Å². The number of hydrogen-bond acceptors (Lipinski definition) is 6. The first kappa shape index (κ1) is 16.7. The predicted molar refractivity (Wildman–Crippen MR) is 88.9 cm³/mol. The van der Waals surface area contributed by atoms with Crippen molar-refractivity contribution >= 4 is 6.21 Å². The Morgan fingerprint density at radius 3 is 2.68 bits per heavy atom. The molecule has 25 heavy (non-hydrogen) atoms. The van der Waals surface area contributed by atoms with Gasteiger partial charge in [-0.15, -0.1) is 0 Å². The van der Waals surface area contributed by atoms with Crippen LogP contribution in [-0.4, -0.2) is 31.5 Å². The van der Waals surface area contributed by atoms with Crippen LogP contribution in [0.15, 0.2) is 27.9 Å². The summed E-state index contributed by atoms with van der Waals surface area (Å²) in [6.45, 7) is 5.40. The minimum atomic E-state index is -0.634. The van der Waals surface area contributed by atoms with Crippen LogP contribution in [0.1, 0.15) is 29.6 Å². The number of nitrogens with zero attached hydrogens (tertiary/aromatic N) is 4. The van der Waals surface area contributed by atoms with Crippen molar-refractivity contribution in [2.45, 2.75) is 27.2 Å². The minimum Gasteiger partial charge on any atom is -0.508 e. The molecule has 0 fully saturated rings. The third-order valence-corrected chi connectivity index (χ3v) is 3.95. The molecule has 8 heteroatoms. The summed E-state index contributed by atoms with van der Waals surface area (Å²) in [6.07, 6.45) is 1.81. The molecule has 0 spiro atoms. The molecule has 3 rings (SSSR count). The summed E-state index contributed by atoms with van der Waals surface area (Å²) < 4.78 is 21.1. The van der Waals surface area contributed by atoms with Gasteiger partial charge in [0.15, 0.2) is 5.82 Å². The van der Waals surface area contributed by atoms with Gasteiger partial charge in [-0.25, -0.2) is 9.07 Å². The van der Waals surface area contributed by atoms with Crippen molar-refractivity contribution in [3.05, 3.63) is 46.7 Å². The fraction of sp³-hybridized carbons (Fsp3) is 0.235. The number of aryl methyl sites for hydroxylation is 3. The van der Waals surface area contributed by atoms with Crippen LogP contribution in [0.3, 0.4) is 0 Å². The van der Waals surface area contributed by atoms with Crippen LogP contribution in [0.2, 0.25) is 0 Å². The molecular formula is C17H17FN4O3. The third-order valence-electron chi connectivity index (χ3n) is 3.95. The first-order valence-corrected chi connectivity index (χ1v) is 7.69. The van der Waals surface area contributed by atoms with Gasteiger partial charge in [0.25, 0.3) is 0 Å². The molecule has 0 saturated heterocycles. The van der Waals surface area contributed by atoms with Crippen molar-refractivity contribution in [3.8, 4) is 22.7 Å². The molecule has 0 atom stereocenters. The molecule has 0 radical (unpaired) electrons. The summed E-state index contributed by atoms with van der Waals surface area (Å²) in [5.74, 6) is -0.279. The first-order chi connectivity index (χ1) is 12.0. The summed E-state index contributed by atoms with van der Waals surface area (Å²) in [5.41, 5.74) is 3.09. The van der Waals surface area contributed by atoms with Gasteiger partial charge in [-0.3, -0.25) is 0 Å². The van der Waals surface area contributed by atoms with Gasteiger partial charge in [0.1, 0.15) is 17.2 Å². The van der Waals surface area contributed by atoms with Gasteiger partial charge < -0.3 is 14.8 Å². The molecule has 1 aromatic carbocycles. The molecule has 2 aromatic heterocycles. The van der Waals surface area contributed by atoms with E-state index in [9.17, 15) is 9.50 Å². The Labute approximate surface area is 143 Å². The lowest BCUT2D eigenvalue weighted by molar-refractivity contribution is 0.322. The fourth-order valence-corrected chi connectivity index (χ4v) is 2.83.